The molecule has 0 atom stereocenters. The van der Waals surface area contributed by atoms with Gasteiger partial charge in [0.1, 0.15) is 17.0 Å². The van der Waals surface area contributed by atoms with E-state index in [4.69, 9.17) is 4.74 Å². The van der Waals surface area contributed by atoms with Crippen molar-refractivity contribution in [3.63, 3.8) is 0 Å². The van der Waals surface area contributed by atoms with Gasteiger partial charge in [-0.15, -0.1) is 0 Å². The summed E-state index contributed by atoms with van der Waals surface area (Å²) in [4.78, 5) is 21.0. The van der Waals surface area contributed by atoms with Gasteiger partial charge in [0.15, 0.2) is 11.5 Å². The van der Waals surface area contributed by atoms with Crippen LogP contribution in [-0.2, 0) is 0 Å². The van der Waals surface area contributed by atoms with Crippen LogP contribution in [0.1, 0.15) is 5.82 Å². The summed E-state index contributed by atoms with van der Waals surface area (Å²) < 4.78 is 5.23. The van der Waals surface area contributed by atoms with Crippen LogP contribution in [0.4, 0.5) is 5.69 Å². The fourth-order valence-electron chi connectivity index (χ4n) is 1.71. The molecule has 0 aliphatic carbocycles. The standard InChI is InChI=1S/C14H11N5O/c1-20-12-5-3-2-4-10(12)17-9-13-18-8-11-14(19-13)16-7-6-15-11/h2-9H,1H3/b17-9-. The van der Waals surface area contributed by atoms with E-state index < -0.39 is 0 Å². The van der Waals surface area contributed by atoms with Crippen LogP contribution in [0.5, 0.6) is 5.75 Å². The SMILES string of the molecule is COc1ccccc1/N=C\c1ncc2nccnc2n1. The van der Waals surface area contributed by atoms with Gasteiger partial charge in [-0.3, -0.25) is 0 Å². The van der Waals surface area contributed by atoms with Crippen LogP contribution in [0.15, 0.2) is 47.8 Å². The number of methoxy groups -OCH3 is 1. The average molecular weight is 265 g/mol. The number of benzene rings is 1. The summed E-state index contributed by atoms with van der Waals surface area (Å²) in [6, 6.07) is 7.48. The van der Waals surface area contributed by atoms with Crippen LogP contribution < -0.4 is 4.74 Å². The molecule has 0 bridgehead atoms. The summed E-state index contributed by atoms with van der Waals surface area (Å²) in [5.74, 6) is 1.17. The van der Waals surface area contributed by atoms with E-state index in [1.54, 1.807) is 31.9 Å². The minimum absolute atomic E-state index is 0.476. The van der Waals surface area contributed by atoms with Crippen LogP contribution in [0.25, 0.3) is 11.2 Å². The molecule has 0 saturated heterocycles. The zero-order valence-corrected chi connectivity index (χ0v) is 10.8. The first kappa shape index (κ1) is 12.2. The molecule has 0 fully saturated rings. The molecule has 2 heterocycles. The first-order valence-corrected chi connectivity index (χ1v) is 5.97. The minimum atomic E-state index is 0.476. The van der Waals surface area contributed by atoms with E-state index in [0.29, 0.717) is 22.7 Å². The summed E-state index contributed by atoms with van der Waals surface area (Å²) in [6.45, 7) is 0. The van der Waals surface area contributed by atoms with Crippen molar-refractivity contribution in [2.24, 2.45) is 4.99 Å². The molecule has 0 unspecified atom stereocenters. The highest BCUT2D eigenvalue weighted by molar-refractivity contribution is 5.81. The summed E-state index contributed by atoms with van der Waals surface area (Å²) in [5, 5.41) is 0. The summed E-state index contributed by atoms with van der Waals surface area (Å²) in [6.07, 6.45) is 6.40. The molecule has 3 aromatic rings. The van der Waals surface area contributed by atoms with Crippen molar-refractivity contribution < 1.29 is 4.74 Å². The first-order valence-electron chi connectivity index (χ1n) is 5.97. The number of aromatic nitrogens is 4. The van der Waals surface area contributed by atoms with Crippen molar-refractivity contribution in [2.75, 3.05) is 7.11 Å². The molecule has 0 amide bonds. The molecule has 2 aromatic heterocycles. The number of ether oxygens (including phenoxy) is 1. The van der Waals surface area contributed by atoms with Gasteiger partial charge < -0.3 is 4.74 Å². The lowest BCUT2D eigenvalue weighted by molar-refractivity contribution is 0.416. The maximum atomic E-state index is 5.23. The number of nitrogens with zero attached hydrogens (tertiary/aromatic N) is 5. The Morgan fingerprint density at radius 3 is 2.85 bits per heavy atom. The van der Waals surface area contributed by atoms with Crippen molar-refractivity contribution in [2.45, 2.75) is 0 Å². The van der Waals surface area contributed by atoms with Gasteiger partial charge in [-0.25, -0.2) is 24.9 Å². The molecule has 0 aliphatic rings. The lowest BCUT2D eigenvalue weighted by Crippen LogP contribution is -1.96. The number of aliphatic imine (C=N–C) groups is 1. The Balaban J connectivity index is 1.94. The van der Waals surface area contributed by atoms with Gasteiger partial charge >= 0.3 is 0 Å². The number of rotatable bonds is 3. The second-order valence-electron chi connectivity index (χ2n) is 3.92. The number of fused-ring (bicyclic) bond motifs is 1. The van der Waals surface area contributed by atoms with Gasteiger partial charge in [0.05, 0.1) is 19.5 Å². The zero-order chi connectivity index (χ0) is 13.8. The smallest absolute Gasteiger partial charge is 0.181 e. The minimum Gasteiger partial charge on any atom is -0.494 e. The van der Waals surface area contributed by atoms with Gasteiger partial charge in [0.2, 0.25) is 0 Å². The Labute approximate surface area is 115 Å². The van der Waals surface area contributed by atoms with E-state index in [2.05, 4.69) is 24.9 Å². The predicted molar refractivity (Wildman–Crippen MR) is 75.4 cm³/mol. The third-order valence-corrected chi connectivity index (χ3v) is 2.65. The molecule has 3 rings (SSSR count). The Hall–Kier alpha value is -2.89. The molecule has 6 nitrogen and oxygen atoms in total. The van der Waals surface area contributed by atoms with Crippen LogP contribution in [0.3, 0.4) is 0 Å². The topological polar surface area (TPSA) is 73.2 Å². The number of para-hydroxylation sites is 2. The molecular weight excluding hydrogens is 254 g/mol. The van der Waals surface area contributed by atoms with Gasteiger partial charge in [0, 0.05) is 12.4 Å². The van der Waals surface area contributed by atoms with Gasteiger partial charge in [0.25, 0.3) is 0 Å². The van der Waals surface area contributed by atoms with E-state index in [0.717, 1.165) is 5.69 Å². The van der Waals surface area contributed by atoms with E-state index in [1.807, 2.05) is 24.3 Å². The van der Waals surface area contributed by atoms with Gasteiger partial charge in [-0.2, -0.15) is 0 Å². The van der Waals surface area contributed by atoms with Gasteiger partial charge in [-0.05, 0) is 12.1 Å². The highest BCUT2D eigenvalue weighted by Gasteiger charge is 2.01. The Kier molecular flexibility index (Phi) is 3.28. The Bertz CT molecular complexity index is 772. The van der Waals surface area contributed by atoms with Crippen LogP contribution >= 0.6 is 0 Å². The lowest BCUT2D eigenvalue weighted by Gasteiger charge is -2.02. The maximum Gasteiger partial charge on any atom is 0.181 e. The van der Waals surface area contributed by atoms with Crippen molar-refractivity contribution in [1.29, 1.82) is 0 Å². The largest absolute Gasteiger partial charge is 0.494 e. The highest BCUT2D eigenvalue weighted by Crippen LogP contribution is 2.25. The fraction of sp³-hybridized carbons (Fsp3) is 0.0714. The molecule has 20 heavy (non-hydrogen) atoms. The fourth-order valence-corrected chi connectivity index (χ4v) is 1.71. The van der Waals surface area contributed by atoms with Crippen molar-refractivity contribution in [1.82, 2.24) is 19.9 Å². The first-order chi connectivity index (χ1) is 9.86. The average Bonchev–Trinajstić information content (AvgIpc) is 2.53. The predicted octanol–water partition coefficient (Wildman–Crippen LogP) is 2.18. The molecule has 0 N–H and O–H groups in total. The van der Waals surface area contributed by atoms with E-state index in [-0.39, 0.29) is 0 Å². The molecule has 1 aromatic carbocycles. The summed E-state index contributed by atoms with van der Waals surface area (Å²) in [5.41, 5.74) is 1.92. The third-order valence-electron chi connectivity index (χ3n) is 2.65. The molecule has 0 aliphatic heterocycles. The van der Waals surface area contributed by atoms with E-state index >= 15 is 0 Å². The Morgan fingerprint density at radius 2 is 1.95 bits per heavy atom. The normalized spacial score (nSPS) is 11.1. The number of hydrogen-bond donors (Lipinski definition) is 0. The van der Waals surface area contributed by atoms with Crippen molar-refractivity contribution >= 4 is 23.1 Å². The maximum absolute atomic E-state index is 5.23. The molecule has 6 heteroatoms. The second-order valence-corrected chi connectivity index (χ2v) is 3.92. The van der Waals surface area contributed by atoms with Gasteiger partial charge in [-0.1, -0.05) is 12.1 Å². The lowest BCUT2D eigenvalue weighted by atomic mass is 10.3. The Morgan fingerprint density at radius 1 is 1.10 bits per heavy atom. The van der Waals surface area contributed by atoms with Crippen molar-refractivity contribution in [3.05, 3.63) is 48.7 Å². The molecule has 0 spiro atoms. The monoisotopic (exact) mass is 265 g/mol. The van der Waals surface area contributed by atoms with Crippen LogP contribution in [0, 0.1) is 0 Å². The molecule has 98 valence electrons. The number of hydrogen-bond acceptors (Lipinski definition) is 6. The quantitative estimate of drug-likeness (QED) is 0.678. The summed E-state index contributed by atoms with van der Waals surface area (Å²) in [7, 11) is 1.61. The van der Waals surface area contributed by atoms with Crippen molar-refractivity contribution in [3.8, 4) is 5.75 Å². The highest BCUT2D eigenvalue weighted by atomic mass is 16.5. The van der Waals surface area contributed by atoms with E-state index in [1.165, 1.54) is 0 Å². The molecule has 0 saturated carbocycles. The van der Waals surface area contributed by atoms with E-state index in [9.17, 15) is 0 Å². The van der Waals surface area contributed by atoms with Crippen LogP contribution in [-0.4, -0.2) is 33.3 Å². The summed E-state index contributed by atoms with van der Waals surface area (Å²) >= 11 is 0. The van der Waals surface area contributed by atoms with Crippen LogP contribution in [0.2, 0.25) is 0 Å². The molecule has 0 radical (unpaired) electrons. The molecular formula is C14H11N5O. The zero-order valence-electron chi connectivity index (χ0n) is 10.8. The second kappa shape index (κ2) is 5.40. The third kappa shape index (κ3) is 2.44.